The van der Waals surface area contributed by atoms with Crippen LogP contribution in [-0.2, 0) is 5.41 Å². The van der Waals surface area contributed by atoms with Gasteiger partial charge in [-0.3, -0.25) is 0 Å². The second-order valence-electron chi connectivity index (χ2n) is 9.53. The van der Waals surface area contributed by atoms with E-state index in [1.165, 1.54) is 59.6 Å². The molecule has 29 heavy (non-hydrogen) atoms. The lowest BCUT2D eigenvalue weighted by molar-refractivity contribution is 0.415. The molecule has 0 unspecified atom stereocenters. The van der Waals surface area contributed by atoms with Crippen LogP contribution in [0.2, 0.25) is 0 Å². The van der Waals surface area contributed by atoms with Crippen LogP contribution < -0.4 is 25.9 Å². The highest BCUT2D eigenvalue weighted by Crippen LogP contribution is 2.55. The lowest BCUT2D eigenvalue weighted by atomic mass is 9.34. The Morgan fingerprint density at radius 1 is 0.828 bits per heavy atom. The van der Waals surface area contributed by atoms with Crippen LogP contribution in [0, 0.1) is 12.8 Å². The van der Waals surface area contributed by atoms with Gasteiger partial charge in [0.25, 0.3) is 6.71 Å². The van der Waals surface area contributed by atoms with Crippen LogP contribution in [-0.4, -0.2) is 6.71 Å². The summed E-state index contributed by atoms with van der Waals surface area (Å²) in [6.07, 6.45) is 6.85. The maximum atomic E-state index is 6.54. The molecule has 2 aliphatic heterocycles. The minimum absolute atomic E-state index is 0.181. The van der Waals surface area contributed by atoms with Crippen molar-refractivity contribution >= 4 is 23.1 Å². The van der Waals surface area contributed by atoms with Crippen LogP contribution in [0.1, 0.15) is 43.2 Å². The van der Waals surface area contributed by atoms with Crippen molar-refractivity contribution in [3.8, 4) is 23.0 Å². The molecule has 2 bridgehead atoms. The molecule has 0 N–H and O–H groups in total. The van der Waals surface area contributed by atoms with Crippen molar-refractivity contribution in [1.82, 2.24) is 0 Å². The molecule has 0 atom stereocenters. The van der Waals surface area contributed by atoms with Gasteiger partial charge in [0.2, 0.25) is 0 Å². The zero-order valence-electron chi connectivity index (χ0n) is 16.7. The molecule has 2 nitrogen and oxygen atoms in total. The van der Waals surface area contributed by atoms with Gasteiger partial charge in [-0.05, 0) is 96.7 Å². The molecular weight excluding hydrogens is 355 g/mol. The van der Waals surface area contributed by atoms with Crippen molar-refractivity contribution in [3.63, 3.8) is 0 Å². The SMILES string of the molecule is Cc1cc2c3c(c1)Oc1cc(C45CCC(CC4)C5)ccc1B3c1ccccc1O2. The molecule has 0 aromatic heterocycles. The van der Waals surface area contributed by atoms with Crippen LogP contribution in [0.15, 0.2) is 54.6 Å². The van der Waals surface area contributed by atoms with Crippen LogP contribution in [0.5, 0.6) is 23.0 Å². The maximum absolute atomic E-state index is 6.54. The van der Waals surface area contributed by atoms with E-state index in [0.717, 1.165) is 28.9 Å². The summed E-state index contributed by atoms with van der Waals surface area (Å²) in [6, 6.07) is 19.9. The van der Waals surface area contributed by atoms with Gasteiger partial charge in [0.05, 0.1) is 0 Å². The number of aryl methyl sites for hydroxylation is 1. The topological polar surface area (TPSA) is 18.5 Å². The van der Waals surface area contributed by atoms with Gasteiger partial charge in [0.1, 0.15) is 23.0 Å². The number of hydrogen-bond donors (Lipinski definition) is 0. The first-order chi connectivity index (χ1) is 14.2. The second-order valence-corrected chi connectivity index (χ2v) is 9.53. The van der Waals surface area contributed by atoms with Crippen LogP contribution in [0.4, 0.5) is 0 Å². The first-order valence-electron chi connectivity index (χ1n) is 10.9. The third-order valence-electron chi connectivity index (χ3n) is 7.89. The lowest BCUT2D eigenvalue weighted by Crippen LogP contribution is -2.57. The molecule has 3 aromatic rings. The first kappa shape index (κ1) is 16.2. The van der Waals surface area contributed by atoms with Crippen molar-refractivity contribution in [2.24, 2.45) is 5.92 Å². The molecule has 2 saturated carbocycles. The van der Waals surface area contributed by atoms with Gasteiger partial charge in [-0.15, -0.1) is 0 Å². The number of ether oxygens (including phenoxy) is 2. The van der Waals surface area contributed by atoms with E-state index in [9.17, 15) is 0 Å². The summed E-state index contributed by atoms with van der Waals surface area (Å²) in [6.45, 7) is 2.29. The van der Waals surface area contributed by atoms with E-state index >= 15 is 0 Å². The Balaban J connectivity index is 1.44. The molecule has 0 radical (unpaired) electrons. The summed E-state index contributed by atoms with van der Waals surface area (Å²) in [5.41, 5.74) is 6.75. The minimum Gasteiger partial charge on any atom is -0.458 e. The first-order valence-corrected chi connectivity index (χ1v) is 10.9. The fourth-order valence-electron chi connectivity index (χ4n) is 6.50. The number of para-hydroxylation sites is 1. The molecular formula is C26H23BO2. The van der Waals surface area contributed by atoms with E-state index in [4.69, 9.17) is 9.47 Å². The zero-order valence-corrected chi connectivity index (χ0v) is 16.7. The molecule has 142 valence electrons. The van der Waals surface area contributed by atoms with Crippen molar-refractivity contribution < 1.29 is 9.47 Å². The quantitative estimate of drug-likeness (QED) is 0.399. The second kappa shape index (κ2) is 5.47. The number of hydrogen-bond acceptors (Lipinski definition) is 2. The molecule has 0 spiro atoms. The monoisotopic (exact) mass is 378 g/mol. The summed E-state index contributed by atoms with van der Waals surface area (Å²) < 4.78 is 12.8. The summed E-state index contributed by atoms with van der Waals surface area (Å²) in [5, 5.41) is 0. The summed E-state index contributed by atoms with van der Waals surface area (Å²) >= 11 is 0. The van der Waals surface area contributed by atoms with E-state index < -0.39 is 0 Å². The van der Waals surface area contributed by atoms with Gasteiger partial charge in [0, 0.05) is 5.46 Å². The predicted octanol–water partition coefficient (Wildman–Crippen LogP) is 4.55. The van der Waals surface area contributed by atoms with Crippen molar-refractivity contribution in [3.05, 3.63) is 65.7 Å². The Labute approximate surface area is 171 Å². The molecule has 2 aliphatic carbocycles. The van der Waals surface area contributed by atoms with E-state index in [-0.39, 0.29) is 6.71 Å². The Bertz CT molecular complexity index is 1170. The molecule has 3 aromatic carbocycles. The predicted molar refractivity (Wildman–Crippen MR) is 117 cm³/mol. The van der Waals surface area contributed by atoms with Crippen molar-refractivity contribution in [1.29, 1.82) is 0 Å². The molecule has 7 rings (SSSR count). The van der Waals surface area contributed by atoms with Crippen molar-refractivity contribution in [2.45, 2.75) is 44.4 Å². The average Bonchev–Trinajstić information content (AvgIpc) is 3.35. The van der Waals surface area contributed by atoms with Crippen molar-refractivity contribution in [2.75, 3.05) is 0 Å². The maximum Gasteiger partial charge on any atom is 0.260 e. The number of fused-ring (bicyclic) bond motifs is 6. The van der Waals surface area contributed by atoms with E-state index in [0.29, 0.717) is 5.41 Å². The van der Waals surface area contributed by atoms with Gasteiger partial charge in [-0.2, -0.15) is 0 Å². The highest BCUT2D eigenvalue weighted by atomic mass is 16.5. The lowest BCUT2D eigenvalue weighted by Gasteiger charge is -2.34. The third-order valence-corrected chi connectivity index (χ3v) is 7.89. The molecule has 2 heterocycles. The average molecular weight is 378 g/mol. The summed E-state index contributed by atoms with van der Waals surface area (Å²) in [5.74, 6) is 4.84. The van der Waals surface area contributed by atoms with Gasteiger partial charge in [-0.1, -0.05) is 30.3 Å². The fourth-order valence-corrected chi connectivity index (χ4v) is 6.50. The summed E-state index contributed by atoms with van der Waals surface area (Å²) in [4.78, 5) is 0. The van der Waals surface area contributed by atoms with Crippen LogP contribution >= 0.6 is 0 Å². The van der Waals surface area contributed by atoms with E-state index in [1.807, 2.05) is 0 Å². The van der Waals surface area contributed by atoms with E-state index in [2.05, 4.69) is 61.5 Å². The number of rotatable bonds is 1. The Kier molecular flexibility index (Phi) is 3.05. The highest BCUT2D eigenvalue weighted by Gasteiger charge is 2.47. The third kappa shape index (κ3) is 2.14. The van der Waals surface area contributed by atoms with Gasteiger partial charge in [-0.25, -0.2) is 0 Å². The zero-order chi connectivity index (χ0) is 19.2. The Hall–Kier alpha value is -2.68. The van der Waals surface area contributed by atoms with E-state index in [1.54, 1.807) is 0 Å². The molecule has 3 heteroatoms. The van der Waals surface area contributed by atoms with Gasteiger partial charge in [0.15, 0.2) is 0 Å². The molecule has 0 amide bonds. The molecule has 0 saturated heterocycles. The molecule has 2 fully saturated rings. The Morgan fingerprint density at radius 3 is 2.31 bits per heavy atom. The standard InChI is InChI=1S/C26H23BO2/c1-16-12-23-25-24(13-16)29-22-14-18(26-10-8-17(15-26)9-11-26)6-7-20(22)27(25)19-4-2-3-5-21(19)28-23/h2-7,12-14,17H,8-11,15H2,1H3. The Morgan fingerprint density at radius 2 is 1.55 bits per heavy atom. The van der Waals surface area contributed by atoms with Crippen LogP contribution in [0.3, 0.4) is 0 Å². The number of benzene rings is 3. The smallest absolute Gasteiger partial charge is 0.260 e. The highest BCUT2D eigenvalue weighted by molar-refractivity contribution is 6.98. The normalized spacial score (nSPS) is 25.0. The molecule has 4 aliphatic rings. The summed E-state index contributed by atoms with van der Waals surface area (Å²) in [7, 11) is 0. The van der Waals surface area contributed by atoms with Crippen LogP contribution in [0.25, 0.3) is 0 Å². The minimum atomic E-state index is 0.181. The largest absolute Gasteiger partial charge is 0.458 e. The fraction of sp³-hybridized carbons (Fsp3) is 0.308. The van der Waals surface area contributed by atoms with Gasteiger partial charge < -0.3 is 9.47 Å². The van der Waals surface area contributed by atoms with Gasteiger partial charge >= 0.3 is 0 Å².